The summed E-state index contributed by atoms with van der Waals surface area (Å²) in [6.07, 6.45) is 1.42. The van der Waals surface area contributed by atoms with Crippen LogP contribution in [0.3, 0.4) is 0 Å². The number of nitrogens with one attached hydrogen (secondary N) is 1. The van der Waals surface area contributed by atoms with Gasteiger partial charge in [-0.3, -0.25) is 9.89 Å². The third-order valence-electron chi connectivity index (χ3n) is 5.18. The zero-order valence-electron chi connectivity index (χ0n) is 18.7. The van der Waals surface area contributed by atoms with Crippen molar-refractivity contribution in [3.05, 3.63) is 75.7 Å². The van der Waals surface area contributed by atoms with Gasteiger partial charge in [-0.25, -0.2) is 18.6 Å². The molecule has 2 aromatic rings. The minimum Gasteiger partial charge on any atom is -0.466 e. The molecular formula is C23H25ClF2N4O4. The van der Waals surface area contributed by atoms with Crippen LogP contribution >= 0.6 is 11.6 Å². The summed E-state index contributed by atoms with van der Waals surface area (Å²) in [4.78, 5) is 23.4. The van der Waals surface area contributed by atoms with Gasteiger partial charge in [0.1, 0.15) is 17.6 Å². The summed E-state index contributed by atoms with van der Waals surface area (Å²) in [6.45, 7) is 1.13. The molecule has 0 amide bonds. The van der Waals surface area contributed by atoms with Gasteiger partial charge in [-0.1, -0.05) is 17.7 Å². The van der Waals surface area contributed by atoms with Crippen molar-refractivity contribution in [3.8, 4) is 0 Å². The summed E-state index contributed by atoms with van der Waals surface area (Å²) >= 11 is 6.32. The van der Waals surface area contributed by atoms with Crippen LogP contribution in [0.2, 0.25) is 5.02 Å². The third-order valence-corrected chi connectivity index (χ3v) is 5.51. The first-order valence-electron chi connectivity index (χ1n) is 10.4. The van der Waals surface area contributed by atoms with Gasteiger partial charge in [-0.15, -0.1) is 0 Å². The predicted molar refractivity (Wildman–Crippen MR) is 122 cm³/mol. The number of aliphatic hydroxyl groups excluding tert-OH is 1. The number of methoxy groups -OCH3 is 2. The van der Waals surface area contributed by atoms with Gasteiger partial charge >= 0.3 is 5.97 Å². The Hall–Kier alpha value is -2.92. The maximum absolute atomic E-state index is 14.6. The maximum atomic E-state index is 14.6. The highest BCUT2D eigenvalue weighted by molar-refractivity contribution is 6.31. The van der Waals surface area contributed by atoms with Crippen LogP contribution in [0.4, 0.5) is 8.78 Å². The SMILES string of the molecule is COCCN(CCO)CC1=C(C(=O)OC)C(c2ccc(F)cc2Cl)N=C(c2ncccc2F)N1. The Bertz CT molecular complexity index is 1100. The van der Waals surface area contributed by atoms with Crippen molar-refractivity contribution >= 4 is 23.4 Å². The van der Waals surface area contributed by atoms with E-state index in [1.165, 1.54) is 37.6 Å². The smallest absolute Gasteiger partial charge is 0.338 e. The van der Waals surface area contributed by atoms with Crippen molar-refractivity contribution in [3.63, 3.8) is 0 Å². The molecule has 0 fully saturated rings. The lowest BCUT2D eigenvalue weighted by Crippen LogP contribution is -2.41. The Morgan fingerprint density at radius 1 is 1.26 bits per heavy atom. The first-order valence-corrected chi connectivity index (χ1v) is 10.8. The van der Waals surface area contributed by atoms with Crippen LogP contribution in [0, 0.1) is 11.6 Å². The lowest BCUT2D eigenvalue weighted by atomic mass is 9.95. The van der Waals surface area contributed by atoms with Crippen LogP contribution in [0.1, 0.15) is 17.3 Å². The number of ether oxygens (including phenoxy) is 2. The van der Waals surface area contributed by atoms with Crippen molar-refractivity contribution in [2.45, 2.75) is 6.04 Å². The van der Waals surface area contributed by atoms with Gasteiger partial charge in [-0.2, -0.15) is 0 Å². The van der Waals surface area contributed by atoms with E-state index in [0.29, 0.717) is 24.4 Å². The van der Waals surface area contributed by atoms with E-state index in [1.54, 1.807) is 7.11 Å². The van der Waals surface area contributed by atoms with Crippen LogP contribution in [-0.4, -0.2) is 73.9 Å². The van der Waals surface area contributed by atoms with Crippen LogP contribution in [0.15, 0.2) is 52.8 Å². The van der Waals surface area contributed by atoms with Gasteiger partial charge in [0.05, 0.1) is 25.9 Å². The number of aliphatic imine (C=N–C) groups is 1. The molecule has 0 saturated heterocycles. The number of esters is 1. The van der Waals surface area contributed by atoms with E-state index in [4.69, 9.17) is 21.1 Å². The molecule has 0 radical (unpaired) electrons. The molecule has 1 aromatic heterocycles. The van der Waals surface area contributed by atoms with Crippen LogP contribution in [0.25, 0.3) is 0 Å². The average Bonchev–Trinajstić information content (AvgIpc) is 2.82. The van der Waals surface area contributed by atoms with E-state index < -0.39 is 23.6 Å². The van der Waals surface area contributed by atoms with Gasteiger partial charge < -0.3 is 19.9 Å². The second-order valence-corrected chi connectivity index (χ2v) is 7.79. The highest BCUT2D eigenvalue weighted by Crippen LogP contribution is 2.36. The summed E-state index contributed by atoms with van der Waals surface area (Å²) in [7, 11) is 2.78. The highest BCUT2D eigenvalue weighted by Gasteiger charge is 2.34. The van der Waals surface area contributed by atoms with E-state index >= 15 is 0 Å². The van der Waals surface area contributed by atoms with Crippen molar-refractivity contribution in [2.24, 2.45) is 4.99 Å². The summed E-state index contributed by atoms with van der Waals surface area (Å²) in [6, 6.07) is 5.39. The topological polar surface area (TPSA) is 96.3 Å². The molecule has 0 bridgehead atoms. The second kappa shape index (κ2) is 12.0. The van der Waals surface area contributed by atoms with Crippen molar-refractivity contribution < 1.29 is 28.2 Å². The number of carbonyl (C=O) groups excluding carboxylic acids is 1. The number of hydrogen-bond acceptors (Lipinski definition) is 8. The Balaban J connectivity index is 2.17. The minimum absolute atomic E-state index is 0.0452. The predicted octanol–water partition coefficient (Wildman–Crippen LogP) is 2.47. The molecular weight excluding hydrogens is 470 g/mol. The number of halogens is 3. The molecule has 8 nitrogen and oxygen atoms in total. The fraction of sp³-hybridized carbons (Fsp3) is 0.348. The fourth-order valence-corrected chi connectivity index (χ4v) is 3.83. The lowest BCUT2D eigenvalue weighted by molar-refractivity contribution is -0.136. The molecule has 0 aliphatic carbocycles. The Morgan fingerprint density at radius 3 is 2.71 bits per heavy atom. The van der Waals surface area contributed by atoms with Gasteiger partial charge in [0, 0.05) is 49.2 Å². The van der Waals surface area contributed by atoms with Crippen molar-refractivity contribution in [1.29, 1.82) is 0 Å². The highest BCUT2D eigenvalue weighted by atomic mass is 35.5. The summed E-state index contributed by atoms with van der Waals surface area (Å²) < 4.78 is 38.5. The summed E-state index contributed by atoms with van der Waals surface area (Å²) in [5.74, 6) is -1.79. The molecule has 34 heavy (non-hydrogen) atoms. The number of aliphatic hydroxyl groups is 1. The van der Waals surface area contributed by atoms with E-state index in [9.17, 15) is 18.7 Å². The van der Waals surface area contributed by atoms with E-state index in [-0.39, 0.29) is 41.8 Å². The van der Waals surface area contributed by atoms with Gasteiger partial charge in [0.2, 0.25) is 0 Å². The van der Waals surface area contributed by atoms with Crippen molar-refractivity contribution in [2.75, 3.05) is 47.1 Å². The second-order valence-electron chi connectivity index (χ2n) is 7.38. The number of rotatable bonds is 10. The quantitative estimate of drug-likeness (QED) is 0.490. The van der Waals surface area contributed by atoms with Crippen LogP contribution < -0.4 is 5.32 Å². The zero-order chi connectivity index (χ0) is 24.7. The first-order chi connectivity index (χ1) is 16.4. The normalized spacial score (nSPS) is 15.9. The number of carbonyl (C=O) groups is 1. The van der Waals surface area contributed by atoms with E-state index in [2.05, 4.69) is 15.3 Å². The molecule has 3 rings (SSSR count). The van der Waals surface area contributed by atoms with E-state index in [0.717, 1.165) is 6.07 Å². The number of benzene rings is 1. The fourth-order valence-electron chi connectivity index (χ4n) is 3.55. The zero-order valence-corrected chi connectivity index (χ0v) is 19.5. The van der Waals surface area contributed by atoms with Gasteiger partial charge in [-0.05, 0) is 24.3 Å². The molecule has 1 aliphatic rings. The number of nitrogens with zero attached hydrogens (tertiary/aromatic N) is 3. The number of hydrogen-bond donors (Lipinski definition) is 2. The molecule has 1 aromatic carbocycles. The standard InChI is InChI=1S/C23H25ClF2N4O4/c1-33-11-9-30(8-10-31)13-18-19(23(32)34-2)20(15-6-5-14(25)12-16(15)24)29-22(28-18)21-17(26)4-3-7-27-21/h3-7,12,20,31H,8-11,13H2,1-2H3,(H,28,29). The number of amidine groups is 1. The van der Waals surface area contributed by atoms with Crippen LogP contribution in [0.5, 0.6) is 0 Å². The molecule has 0 saturated carbocycles. The molecule has 0 spiro atoms. The molecule has 1 aliphatic heterocycles. The molecule has 2 N–H and O–H groups in total. The molecule has 2 heterocycles. The largest absolute Gasteiger partial charge is 0.466 e. The van der Waals surface area contributed by atoms with Crippen LogP contribution in [-0.2, 0) is 14.3 Å². The molecule has 11 heteroatoms. The molecule has 1 atom stereocenters. The minimum atomic E-state index is -1.02. The third kappa shape index (κ3) is 5.95. The molecule has 182 valence electrons. The van der Waals surface area contributed by atoms with E-state index in [1.807, 2.05) is 4.90 Å². The monoisotopic (exact) mass is 494 g/mol. The lowest BCUT2D eigenvalue weighted by Gasteiger charge is -2.31. The number of aromatic nitrogens is 1. The maximum Gasteiger partial charge on any atom is 0.338 e. The van der Waals surface area contributed by atoms with Crippen molar-refractivity contribution in [1.82, 2.24) is 15.2 Å². The summed E-state index contributed by atoms with van der Waals surface area (Å²) in [5.41, 5.74) is 0.757. The first kappa shape index (κ1) is 25.7. The Labute approximate surface area is 200 Å². The average molecular weight is 495 g/mol. The Morgan fingerprint density at radius 2 is 2.06 bits per heavy atom. The molecule has 1 unspecified atom stereocenters. The Kier molecular flexibility index (Phi) is 9.05. The summed E-state index contributed by atoms with van der Waals surface area (Å²) in [5, 5.41) is 12.6. The van der Waals surface area contributed by atoms with Gasteiger partial charge in [0.15, 0.2) is 11.7 Å². The number of pyridine rings is 1. The van der Waals surface area contributed by atoms with Gasteiger partial charge in [0.25, 0.3) is 0 Å².